The second-order valence-electron chi connectivity index (χ2n) is 5.65. The zero-order valence-corrected chi connectivity index (χ0v) is 12.6. The minimum Gasteiger partial charge on any atom is -0.379 e. The third-order valence-electron chi connectivity index (χ3n) is 3.60. The second-order valence-corrected chi connectivity index (χ2v) is 5.65. The summed E-state index contributed by atoms with van der Waals surface area (Å²) < 4.78 is 5.51. The molecule has 0 saturated carbocycles. The third-order valence-corrected chi connectivity index (χ3v) is 3.60. The molecule has 1 heterocycles. The number of nitrogens with zero attached hydrogens (tertiary/aromatic N) is 2. The first-order valence-electron chi connectivity index (χ1n) is 7.34. The Morgan fingerprint density at radius 2 is 2.06 bits per heavy atom. The number of nitrogens with one attached hydrogen (secondary N) is 1. The molecular weight excluding hydrogens is 226 g/mol. The molecule has 1 unspecified atom stereocenters. The van der Waals surface area contributed by atoms with Gasteiger partial charge in [0.2, 0.25) is 0 Å². The number of hydrogen-bond donors (Lipinski definition) is 1. The Bertz CT molecular complexity index is 211. The molecule has 4 nitrogen and oxygen atoms in total. The summed E-state index contributed by atoms with van der Waals surface area (Å²) in [6.07, 6.45) is 1.47. The SMILES string of the molecule is CC(C)OCCCNCCN1CCN(C)C(C)C1. The summed E-state index contributed by atoms with van der Waals surface area (Å²) in [7, 11) is 2.22. The van der Waals surface area contributed by atoms with Crippen molar-refractivity contribution in [1.82, 2.24) is 15.1 Å². The van der Waals surface area contributed by atoms with Crippen LogP contribution in [0.2, 0.25) is 0 Å². The highest BCUT2D eigenvalue weighted by molar-refractivity contribution is 4.76. The van der Waals surface area contributed by atoms with Crippen LogP contribution in [0.25, 0.3) is 0 Å². The van der Waals surface area contributed by atoms with E-state index in [1.54, 1.807) is 0 Å². The zero-order chi connectivity index (χ0) is 13.4. The summed E-state index contributed by atoms with van der Waals surface area (Å²) >= 11 is 0. The monoisotopic (exact) mass is 257 g/mol. The molecule has 0 aromatic rings. The van der Waals surface area contributed by atoms with Gasteiger partial charge < -0.3 is 15.0 Å². The Morgan fingerprint density at radius 3 is 2.72 bits per heavy atom. The van der Waals surface area contributed by atoms with Gasteiger partial charge in [0, 0.05) is 45.4 Å². The highest BCUT2D eigenvalue weighted by atomic mass is 16.5. The number of ether oxygens (including phenoxy) is 1. The molecule has 0 spiro atoms. The van der Waals surface area contributed by atoms with Crippen LogP contribution in [-0.2, 0) is 4.74 Å². The lowest BCUT2D eigenvalue weighted by molar-refractivity contribution is 0.0765. The topological polar surface area (TPSA) is 27.7 Å². The van der Waals surface area contributed by atoms with Crippen LogP contribution in [0.1, 0.15) is 27.2 Å². The standard InChI is InChI=1S/C14H31N3O/c1-13(2)18-11-5-6-15-7-8-17-10-9-16(4)14(3)12-17/h13-15H,5-12H2,1-4H3. The average Bonchev–Trinajstić information content (AvgIpc) is 2.32. The van der Waals surface area contributed by atoms with Crippen molar-refractivity contribution in [3.8, 4) is 0 Å². The normalized spacial score (nSPS) is 22.8. The molecule has 18 heavy (non-hydrogen) atoms. The predicted molar refractivity (Wildman–Crippen MR) is 77.1 cm³/mol. The third kappa shape index (κ3) is 6.69. The molecule has 0 radical (unpaired) electrons. The van der Waals surface area contributed by atoms with E-state index in [0.29, 0.717) is 12.1 Å². The molecule has 1 N–H and O–H groups in total. The molecule has 1 saturated heterocycles. The van der Waals surface area contributed by atoms with Gasteiger partial charge in [-0.05, 0) is 40.8 Å². The van der Waals surface area contributed by atoms with E-state index < -0.39 is 0 Å². The first-order chi connectivity index (χ1) is 8.59. The molecule has 1 atom stereocenters. The molecule has 1 aliphatic rings. The van der Waals surface area contributed by atoms with E-state index in [9.17, 15) is 0 Å². The van der Waals surface area contributed by atoms with E-state index >= 15 is 0 Å². The van der Waals surface area contributed by atoms with Gasteiger partial charge in [0.25, 0.3) is 0 Å². The molecular formula is C14H31N3O. The Morgan fingerprint density at radius 1 is 1.28 bits per heavy atom. The number of rotatable bonds is 8. The van der Waals surface area contributed by atoms with E-state index in [2.05, 4.69) is 42.9 Å². The summed E-state index contributed by atoms with van der Waals surface area (Å²) in [4.78, 5) is 5.00. The minimum absolute atomic E-state index is 0.358. The summed E-state index contributed by atoms with van der Waals surface area (Å²) in [6.45, 7) is 14.3. The Kier molecular flexibility index (Phi) is 7.82. The van der Waals surface area contributed by atoms with Gasteiger partial charge >= 0.3 is 0 Å². The average molecular weight is 257 g/mol. The lowest BCUT2D eigenvalue weighted by Gasteiger charge is -2.37. The summed E-state index contributed by atoms with van der Waals surface area (Å²) in [5.74, 6) is 0. The van der Waals surface area contributed by atoms with Gasteiger partial charge in [-0.15, -0.1) is 0 Å². The second kappa shape index (κ2) is 8.86. The Hall–Kier alpha value is -0.160. The Balaban J connectivity index is 1.92. The fourth-order valence-corrected chi connectivity index (χ4v) is 2.21. The lowest BCUT2D eigenvalue weighted by atomic mass is 10.2. The van der Waals surface area contributed by atoms with E-state index in [1.807, 2.05) is 0 Å². The van der Waals surface area contributed by atoms with Crippen LogP contribution in [-0.4, -0.2) is 74.9 Å². The first kappa shape index (κ1) is 15.9. The van der Waals surface area contributed by atoms with Crippen molar-refractivity contribution < 1.29 is 4.74 Å². The maximum Gasteiger partial charge on any atom is 0.0518 e. The van der Waals surface area contributed by atoms with Gasteiger partial charge in [-0.2, -0.15) is 0 Å². The first-order valence-corrected chi connectivity index (χ1v) is 7.34. The van der Waals surface area contributed by atoms with Crippen molar-refractivity contribution in [1.29, 1.82) is 0 Å². The van der Waals surface area contributed by atoms with Crippen LogP contribution in [0.5, 0.6) is 0 Å². The molecule has 0 aromatic heterocycles. The van der Waals surface area contributed by atoms with Crippen molar-refractivity contribution in [2.24, 2.45) is 0 Å². The van der Waals surface area contributed by atoms with Crippen LogP contribution in [0.3, 0.4) is 0 Å². The highest BCUT2D eigenvalue weighted by Crippen LogP contribution is 2.05. The van der Waals surface area contributed by atoms with Crippen molar-refractivity contribution in [2.75, 3.05) is 52.9 Å². The number of hydrogen-bond acceptors (Lipinski definition) is 4. The highest BCUT2D eigenvalue weighted by Gasteiger charge is 2.19. The van der Waals surface area contributed by atoms with Gasteiger partial charge in [0.15, 0.2) is 0 Å². The van der Waals surface area contributed by atoms with E-state index in [4.69, 9.17) is 4.74 Å². The fraction of sp³-hybridized carbons (Fsp3) is 1.00. The summed E-state index contributed by atoms with van der Waals surface area (Å²) in [6, 6.07) is 0.693. The van der Waals surface area contributed by atoms with Crippen LogP contribution in [0, 0.1) is 0 Å². The summed E-state index contributed by atoms with van der Waals surface area (Å²) in [5.41, 5.74) is 0. The van der Waals surface area contributed by atoms with E-state index in [0.717, 1.165) is 26.1 Å². The van der Waals surface area contributed by atoms with Gasteiger partial charge in [-0.1, -0.05) is 0 Å². The summed E-state index contributed by atoms with van der Waals surface area (Å²) in [5, 5.41) is 3.50. The number of piperazine rings is 1. The zero-order valence-electron chi connectivity index (χ0n) is 12.6. The maximum absolute atomic E-state index is 5.51. The molecule has 0 amide bonds. The molecule has 1 rings (SSSR count). The van der Waals surface area contributed by atoms with Crippen molar-refractivity contribution in [3.63, 3.8) is 0 Å². The lowest BCUT2D eigenvalue weighted by Crippen LogP contribution is -2.51. The van der Waals surface area contributed by atoms with Crippen LogP contribution in [0.4, 0.5) is 0 Å². The molecule has 0 aliphatic carbocycles. The number of likely N-dealkylation sites (N-methyl/N-ethyl adjacent to an activating group) is 1. The Labute approximate surface area is 113 Å². The van der Waals surface area contributed by atoms with Crippen LogP contribution in [0.15, 0.2) is 0 Å². The van der Waals surface area contributed by atoms with E-state index in [1.165, 1.54) is 26.2 Å². The van der Waals surface area contributed by atoms with Crippen molar-refractivity contribution in [3.05, 3.63) is 0 Å². The molecule has 108 valence electrons. The van der Waals surface area contributed by atoms with Crippen LogP contribution >= 0.6 is 0 Å². The van der Waals surface area contributed by atoms with Gasteiger partial charge in [0.05, 0.1) is 6.10 Å². The van der Waals surface area contributed by atoms with Crippen molar-refractivity contribution in [2.45, 2.75) is 39.3 Å². The molecule has 1 fully saturated rings. The fourth-order valence-electron chi connectivity index (χ4n) is 2.21. The molecule has 4 heteroatoms. The largest absolute Gasteiger partial charge is 0.379 e. The maximum atomic E-state index is 5.51. The van der Waals surface area contributed by atoms with E-state index in [-0.39, 0.29) is 0 Å². The van der Waals surface area contributed by atoms with Crippen molar-refractivity contribution >= 4 is 0 Å². The molecule has 0 bridgehead atoms. The smallest absolute Gasteiger partial charge is 0.0518 e. The predicted octanol–water partition coefficient (Wildman–Crippen LogP) is 1.03. The van der Waals surface area contributed by atoms with Crippen LogP contribution < -0.4 is 5.32 Å². The minimum atomic E-state index is 0.358. The quantitative estimate of drug-likeness (QED) is 0.657. The molecule has 0 aromatic carbocycles. The molecule has 1 aliphatic heterocycles. The van der Waals surface area contributed by atoms with Gasteiger partial charge in [-0.3, -0.25) is 4.90 Å². The van der Waals surface area contributed by atoms with Gasteiger partial charge in [-0.25, -0.2) is 0 Å². The van der Waals surface area contributed by atoms with Gasteiger partial charge in [0.1, 0.15) is 0 Å².